The molecule has 142 valence electrons. The van der Waals surface area contributed by atoms with E-state index in [2.05, 4.69) is 41.2 Å². The minimum absolute atomic E-state index is 0. The van der Waals surface area contributed by atoms with E-state index in [0.29, 0.717) is 19.1 Å². The summed E-state index contributed by atoms with van der Waals surface area (Å²) in [6, 6.07) is 14.1. The second-order valence-corrected chi connectivity index (χ2v) is 6.42. The maximum atomic E-state index is 6.00. The molecule has 0 bridgehead atoms. The van der Waals surface area contributed by atoms with Gasteiger partial charge in [-0.15, -0.1) is 24.0 Å². The second-order valence-electron chi connectivity index (χ2n) is 6.42. The Balaban J connectivity index is 0.00000338. The van der Waals surface area contributed by atoms with E-state index in [-0.39, 0.29) is 24.0 Å². The number of guanidine groups is 1. The van der Waals surface area contributed by atoms with Gasteiger partial charge in [0.1, 0.15) is 12.4 Å². The first-order chi connectivity index (χ1) is 11.9. The minimum Gasteiger partial charge on any atom is -0.492 e. The van der Waals surface area contributed by atoms with Gasteiger partial charge in [0.2, 0.25) is 0 Å². The maximum absolute atomic E-state index is 6.00. The fourth-order valence-corrected chi connectivity index (χ4v) is 2.26. The first-order valence-corrected chi connectivity index (χ1v) is 8.44. The zero-order chi connectivity index (χ0) is 18.2. The minimum atomic E-state index is 0. The Morgan fingerprint density at radius 1 is 1.12 bits per heavy atom. The molecule has 0 radical (unpaired) electrons. The van der Waals surface area contributed by atoms with E-state index in [1.54, 1.807) is 0 Å². The highest BCUT2D eigenvalue weighted by molar-refractivity contribution is 14.0. The Hall–Kier alpha value is -1.80. The van der Waals surface area contributed by atoms with Crippen molar-refractivity contribution in [3.05, 3.63) is 59.2 Å². The van der Waals surface area contributed by atoms with Crippen LogP contribution in [0.4, 0.5) is 5.69 Å². The van der Waals surface area contributed by atoms with Crippen LogP contribution < -0.4 is 15.8 Å². The van der Waals surface area contributed by atoms with Gasteiger partial charge in [0, 0.05) is 12.2 Å². The molecule has 3 N–H and O–H groups in total. The molecule has 26 heavy (non-hydrogen) atoms. The second kappa shape index (κ2) is 11.0. The predicted molar refractivity (Wildman–Crippen MR) is 121 cm³/mol. The van der Waals surface area contributed by atoms with Gasteiger partial charge in [-0.25, -0.2) is 4.99 Å². The van der Waals surface area contributed by atoms with Gasteiger partial charge < -0.3 is 20.7 Å². The van der Waals surface area contributed by atoms with E-state index < -0.39 is 0 Å². The Morgan fingerprint density at radius 2 is 1.88 bits per heavy atom. The van der Waals surface area contributed by atoms with Crippen molar-refractivity contribution < 1.29 is 4.74 Å². The molecule has 0 atom stereocenters. The Kier molecular flexibility index (Phi) is 9.43. The van der Waals surface area contributed by atoms with Gasteiger partial charge in [-0.3, -0.25) is 0 Å². The quantitative estimate of drug-likeness (QED) is 0.369. The number of nitrogens with one attached hydrogen (secondary N) is 1. The average molecular weight is 468 g/mol. The first-order valence-electron chi connectivity index (χ1n) is 8.44. The number of benzene rings is 2. The number of ether oxygens (including phenoxy) is 1. The summed E-state index contributed by atoms with van der Waals surface area (Å²) in [4.78, 5) is 6.50. The number of aliphatic imine (C=N–C) groups is 1. The standard InChI is InChI=1S/C20H28N4O.HI/c1-15-8-9-18(12-16(15)2)23-20(21)22-14-17-6-5-7-19(13-17)25-11-10-24(3)4;/h5-9,12-13H,10-11,14H2,1-4H3,(H3,21,22,23);1H. The normalized spacial score (nSPS) is 11.2. The number of hydrogen-bond acceptors (Lipinski definition) is 3. The molecule has 0 aromatic heterocycles. The molecule has 0 aliphatic heterocycles. The van der Waals surface area contributed by atoms with Crippen LogP contribution in [0.15, 0.2) is 47.5 Å². The lowest BCUT2D eigenvalue weighted by atomic mass is 10.1. The molecule has 0 amide bonds. The van der Waals surface area contributed by atoms with Crippen molar-refractivity contribution in [2.24, 2.45) is 10.7 Å². The molecule has 2 rings (SSSR count). The molecular formula is C20H29IN4O. The molecule has 0 spiro atoms. The topological polar surface area (TPSA) is 62.9 Å². The lowest BCUT2D eigenvalue weighted by Gasteiger charge is -2.11. The lowest BCUT2D eigenvalue weighted by Crippen LogP contribution is -2.22. The third kappa shape index (κ3) is 7.61. The van der Waals surface area contributed by atoms with Gasteiger partial charge in [0.05, 0.1) is 6.54 Å². The van der Waals surface area contributed by atoms with Gasteiger partial charge in [-0.1, -0.05) is 18.2 Å². The molecule has 2 aromatic rings. The third-order valence-electron chi connectivity index (χ3n) is 3.92. The zero-order valence-corrected chi connectivity index (χ0v) is 18.3. The highest BCUT2D eigenvalue weighted by atomic mass is 127. The van der Waals surface area contributed by atoms with Crippen LogP contribution >= 0.6 is 24.0 Å². The number of nitrogens with zero attached hydrogens (tertiary/aromatic N) is 2. The molecular weight excluding hydrogens is 439 g/mol. The summed E-state index contributed by atoms with van der Waals surface area (Å²) in [5, 5.41) is 3.13. The summed E-state index contributed by atoms with van der Waals surface area (Å²) in [5.41, 5.74) is 10.5. The summed E-state index contributed by atoms with van der Waals surface area (Å²) < 4.78 is 5.75. The largest absolute Gasteiger partial charge is 0.492 e. The van der Waals surface area contributed by atoms with Gasteiger partial charge in [0.25, 0.3) is 0 Å². The number of halogens is 1. The van der Waals surface area contributed by atoms with Crippen molar-refractivity contribution in [2.75, 3.05) is 32.6 Å². The van der Waals surface area contributed by atoms with Crippen molar-refractivity contribution in [3.8, 4) is 5.75 Å². The predicted octanol–water partition coefficient (Wildman–Crippen LogP) is 3.79. The maximum Gasteiger partial charge on any atom is 0.193 e. The number of rotatable bonds is 7. The molecule has 0 unspecified atom stereocenters. The Labute approximate surface area is 173 Å². The van der Waals surface area contributed by atoms with E-state index >= 15 is 0 Å². The molecule has 0 aliphatic rings. The fraction of sp³-hybridized carbons (Fsp3) is 0.350. The number of likely N-dealkylation sites (N-methyl/N-ethyl adjacent to an activating group) is 1. The SMILES string of the molecule is Cc1ccc(NC(N)=NCc2cccc(OCCN(C)C)c2)cc1C.I. The number of hydrogen-bond donors (Lipinski definition) is 2. The number of nitrogens with two attached hydrogens (primary N) is 1. The molecule has 0 saturated carbocycles. The molecule has 0 saturated heterocycles. The van der Waals surface area contributed by atoms with Gasteiger partial charge >= 0.3 is 0 Å². The Morgan fingerprint density at radius 3 is 2.58 bits per heavy atom. The van der Waals surface area contributed by atoms with Gasteiger partial charge in [-0.2, -0.15) is 0 Å². The van der Waals surface area contributed by atoms with Crippen LogP contribution in [0.2, 0.25) is 0 Å². The zero-order valence-electron chi connectivity index (χ0n) is 16.0. The van der Waals surface area contributed by atoms with Crippen molar-refractivity contribution >= 4 is 35.6 Å². The summed E-state index contributed by atoms with van der Waals surface area (Å²) in [6.07, 6.45) is 0. The highest BCUT2D eigenvalue weighted by Gasteiger charge is 2.00. The van der Waals surface area contributed by atoms with Gasteiger partial charge in [0.15, 0.2) is 5.96 Å². The average Bonchev–Trinajstić information content (AvgIpc) is 2.56. The third-order valence-corrected chi connectivity index (χ3v) is 3.92. The molecule has 0 heterocycles. The number of aryl methyl sites for hydroxylation is 2. The molecule has 0 aliphatic carbocycles. The molecule has 6 heteroatoms. The molecule has 0 fully saturated rings. The summed E-state index contributed by atoms with van der Waals surface area (Å²) in [5.74, 6) is 1.26. The van der Waals surface area contributed by atoms with E-state index in [0.717, 1.165) is 23.5 Å². The van der Waals surface area contributed by atoms with Crippen molar-refractivity contribution in [1.82, 2.24) is 4.90 Å². The fourth-order valence-electron chi connectivity index (χ4n) is 2.26. The summed E-state index contributed by atoms with van der Waals surface area (Å²) >= 11 is 0. The van der Waals surface area contributed by atoms with E-state index in [1.165, 1.54) is 11.1 Å². The van der Waals surface area contributed by atoms with E-state index in [4.69, 9.17) is 10.5 Å². The van der Waals surface area contributed by atoms with Crippen molar-refractivity contribution in [2.45, 2.75) is 20.4 Å². The van der Waals surface area contributed by atoms with E-state index in [1.807, 2.05) is 44.4 Å². The summed E-state index contributed by atoms with van der Waals surface area (Å²) in [7, 11) is 4.06. The van der Waals surface area contributed by atoms with Crippen LogP contribution in [0.3, 0.4) is 0 Å². The van der Waals surface area contributed by atoms with E-state index in [9.17, 15) is 0 Å². The monoisotopic (exact) mass is 468 g/mol. The van der Waals surface area contributed by atoms with Crippen LogP contribution in [0.1, 0.15) is 16.7 Å². The van der Waals surface area contributed by atoms with Crippen LogP contribution in [0.5, 0.6) is 5.75 Å². The smallest absolute Gasteiger partial charge is 0.193 e. The Bertz CT molecular complexity index is 732. The highest BCUT2D eigenvalue weighted by Crippen LogP contribution is 2.15. The van der Waals surface area contributed by atoms with Crippen LogP contribution in [0.25, 0.3) is 0 Å². The van der Waals surface area contributed by atoms with Crippen molar-refractivity contribution in [1.29, 1.82) is 0 Å². The van der Waals surface area contributed by atoms with Crippen molar-refractivity contribution in [3.63, 3.8) is 0 Å². The van der Waals surface area contributed by atoms with Gasteiger partial charge in [-0.05, 0) is 68.9 Å². The molecule has 2 aromatic carbocycles. The summed E-state index contributed by atoms with van der Waals surface area (Å²) in [6.45, 7) is 6.22. The van der Waals surface area contributed by atoms with Crippen LogP contribution in [-0.2, 0) is 6.54 Å². The lowest BCUT2D eigenvalue weighted by molar-refractivity contribution is 0.261. The first kappa shape index (κ1) is 22.2. The number of anilines is 1. The molecule has 5 nitrogen and oxygen atoms in total. The van der Waals surface area contributed by atoms with Crippen LogP contribution in [0, 0.1) is 13.8 Å². The van der Waals surface area contributed by atoms with Crippen LogP contribution in [-0.4, -0.2) is 38.1 Å².